The summed E-state index contributed by atoms with van der Waals surface area (Å²) in [6, 6.07) is 5.96. The van der Waals surface area contributed by atoms with Gasteiger partial charge in [0.15, 0.2) is 6.79 Å². The smallest absolute Gasteiger partial charge is 0.189 e. The lowest BCUT2D eigenvalue weighted by molar-refractivity contribution is 0.0219. The maximum Gasteiger partial charge on any atom is 0.189 e. The molecule has 0 saturated heterocycles. The van der Waals surface area contributed by atoms with E-state index in [4.69, 9.17) is 15.2 Å². The van der Waals surface area contributed by atoms with Crippen LogP contribution in [0.2, 0.25) is 0 Å². The molecule has 0 atom stereocenters. The van der Waals surface area contributed by atoms with Crippen molar-refractivity contribution in [2.24, 2.45) is 5.73 Å². The van der Waals surface area contributed by atoms with E-state index in [2.05, 4.69) is 0 Å². The monoisotopic (exact) mass is 195 g/mol. The number of ether oxygens (including phenoxy) is 2. The van der Waals surface area contributed by atoms with Crippen molar-refractivity contribution in [1.82, 2.24) is 0 Å². The molecule has 3 heteroatoms. The van der Waals surface area contributed by atoms with E-state index in [0.717, 1.165) is 16.9 Å². The molecule has 0 radical (unpaired) electrons. The molecule has 3 nitrogen and oxygen atoms in total. The number of aryl methyl sites for hydroxylation is 1. The summed E-state index contributed by atoms with van der Waals surface area (Å²) in [5.74, 6) is 0.849. The second-order valence-corrected chi connectivity index (χ2v) is 3.06. The van der Waals surface area contributed by atoms with Crippen molar-refractivity contribution in [2.75, 3.05) is 13.4 Å². The Hall–Kier alpha value is -1.06. The Morgan fingerprint density at radius 3 is 2.79 bits per heavy atom. The summed E-state index contributed by atoms with van der Waals surface area (Å²) in [4.78, 5) is 0. The van der Waals surface area contributed by atoms with Gasteiger partial charge < -0.3 is 15.2 Å². The van der Waals surface area contributed by atoms with Crippen LogP contribution in [0.3, 0.4) is 0 Å². The highest BCUT2D eigenvalue weighted by Crippen LogP contribution is 2.19. The number of hydrogen-bond acceptors (Lipinski definition) is 3. The van der Waals surface area contributed by atoms with E-state index >= 15 is 0 Å². The van der Waals surface area contributed by atoms with Gasteiger partial charge in [0.05, 0.1) is 0 Å². The summed E-state index contributed by atoms with van der Waals surface area (Å²) in [6.07, 6.45) is 0. The quantitative estimate of drug-likeness (QED) is 0.576. The van der Waals surface area contributed by atoms with Crippen LogP contribution < -0.4 is 10.5 Å². The SMILES string of the molecule is CCOCOc1cc(CN)ccc1C. The van der Waals surface area contributed by atoms with E-state index in [0.29, 0.717) is 19.9 Å². The van der Waals surface area contributed by atoms with Gasteiger partial charge in [-0.1, -0.05) is 12.1 Å². The van der Waals surface area contributed by atoms with Crippen LogP contribution in [-0.4, -0.2) is 13.4 Å². The second kappa shape index (κ2) is 5.62. The summed E-state index contributed by atoms with van der Waals surface area (Å²) in [7, 11) is 0. The van der Waals surface area contributed by atoms with Gasteiger partial charge in [-0.05, 0) is 31.0 Å². The molecular formula is C11H17NO2. The zero-order valence-electron chi connectivity index (χ0n) is 8.75. The van der Waals surface area contributed by atoms with Gasteiger partial charge in [0.1, 0.15) is 5.75 Å². The summed E-state index contributed by atoms with van der Waals surface area (Å²) in [5, 5.41) is 0. The van der Waals surface area contributed by atoms with Crippen LogP contribution in [0.1, 0.15) is 18.1 Å². The highest BCUT2D eigenvalue weighted by molar-refractivity contribution is 5.36. The van der Waals surface area contributed by atoms with Gasteiger partial charge in [-0.15, -0.1) is 0 Å². The third kappa shape index (κ3) is 3.01. The van der Waals surface area contributed by atoms with Gasteiger partial charge in [0.25, 0.3) is 0 Å². The fraction of sp³-hybridized carbons (Fsp3) is 0.455. The molecule has 0 aliphatic heterocycles. The average Bonchev–Trinajstić information content (AvgIpc) is 2.21. The topological polar surface area (TPSA) is 44.5 Å². The molecule has 78 valence electrons. The van der Waals surface area contributed by atoms with E-state index in [9.17, 15) is 0 Å². The largest absolute Gasteiger partial charge is 0.467 e. The first kappa shape index (κ1) is 11.0. The Balaban J connectivity index is 2.64. The maximum atomic E-state index is 5.54. The lowest BCUT2D eigenvalue weighted by atomic mass is 10.1. The third-order valence-electron chi connectivity index (χ3n) is 1.99. The molecule has 0 aliphatic carbocycles. The standard InChI is InChI=1S/C11H17NO2/c1-3-13-8-14-11-6-10(7-12)5-4-9(11)2/h4-6H,3,7-8,12H2,1-2H3. The summed E-state index contributed by atoms with van der Waals surface area (Å²) >= 11 is 0. The van der Waals surface area contributed by atoms with Crippen molar-refractivity contribution in [2.45, 2.75) is 20.4 Å². The first-order valence-corrected chi connectivity index (χ1v) is 4.78. The number of nitrogens with two attached hydrogens (primary N) is 1. The zero-order chi connectivity index (χ0) is 10.4. The average molecular weight is 195 g/mol. The Bertz CT molecular complexity index is 287. The fourth-order valence-corrected chi connectivity index (χ4v) is 1.12. The number of benzene rings is 1. The van der Waals surface area contributed by atoms with E-state index in [-0.39, 0.29) is 0 Å². The van der Waals surface area contributed by atoms with Crippen molar-refractivity contribution >= 4 is 0 Å². The molecule has 0 aliphatic rings. The molecule has 0 heterocycles. The van der Waals surface area contributed by atoms with Crippen LogP contribution >= 0.6 is 0 Å². The van der Waals surface area contributed by atoms with Crippen molar-refractivity contribution in [3.63, 3.8) is 0 Å². The van der Waals surface area contributed by atoms with Crippen molar-refractivity contribution < 1.29 is 9.47 Å². The van der Waals surface area contributed by atoms with Crippen LogP contribution in [0.25, 0.3) is 0 Å². The molecule has 1 rings (SSSR count). The summed E-state index contributed by atoms with van der Waals surface area (Å²) < 4.78 is 10.6. The molecule has 1 aromatic carbocycles. The molecule has 2 N–H and O–H groups in total. The zero-order valence-corrected chi connectivity index (χ0v) is 8.75. The molecule has 0 saturated carbocycles. The van der Waals surface area contributed by atoms with Crippen molar-refractivity contribution in [1.29, 1.82) is 0 Å². The Kier molecular flexibility index (Phi) is 4.43. The molecule has 0 fully saturated rings. The lowest BCUT2D eigenvalue weighted by Gasteiger charge is -2.09. The second-order valence-electron chi connectivity index (χ2n) is 3.06. The minimum atomic E-state index is 0.297. The van der Waals surface area contributed by atoms with Gasteiger partial charge in [-0.2, -0.15) is 0 Å². The van der Waals surface area contributed by atoms with Gasteiger partial charge in [-0.25, -0.2) is 0 Å². The van der Waals surface area contributed by atoms with E-state index in [1.165, 1.54) is 0 Å². The maximum absolute atomic E-state index is 5.54. The normalized spacial score (nSPS) is 10.2. The van der Waals surface area contributed by atoms with Crippen LogP contribution in [0.15, 0.2) is 18.2 Å². The first-order chi connectivity index (χ1) is 6.77. The van der Waals surface area contributed by atoms with Crippen LogP contribution in [0.4, 0.5) is 0 Å². The molecule has 0 aromatic heterocycles. The van der Waals surface area contributed by atoms with Gasteiger partial charge in [0, 0.05) is 13.2 Å². The number of hydrogen-bond donors (Lipinski definition) is 1. The molecule has 14 heavy (non-hydrogen) atoms. The minimum absolute atomic E-state index is 0.297. The lowest BCUT2D eigenvalue weighted by Crippen LogP contribution is -2.04. The number of rotatable bonds is 5. The van der Waals surface area contributed by atoms with Gasteiger partial charge >= 0.3 is 0 Å². The van der Waals surface area contributed by atoms with Gasteiger partial charge in [0.2, 0.25) is 0 Å². The van der Waals surface area contributed by atoms with E-state index < -0.39 is 0 Å². The Morgan fingerprint density at radius 2 is 2.14 bits per heavy atom. The highest BCUT2D eigenvalue weighted by atomic mass is 16.7. The molecular weight excluding hydrogens is 178 g/mol. The molecule has 0 unspecified atom stereocenters. The Labute approximate surface area is 84.8 Å². The van der Waals surface area contributed by atoms with E-state index in [1.54, 1.807) is 0 Å². The third-order valence-corrected chi connectivity index (χ3v) is 1.99. The van der Waals surface area contributed by atoms with Gasteiger partial charge in [-0.3, -0.25) is 0 Å². The summed E-state index contributed by atoms with van der Waals surface area (Å²) in [5.41, 5.74) is 7.71. The minimum Gasteiger partial charge on any atom is -0.467 e. The molecule has 0 bridgehead atoms. The highest BCUT2D eigenvalue weighted by Gasteiger charge is 2.00. The van der Waals surface area contributed by atoms with Crippen molar-refractivity contribution in [3.8, 4) is 5.75 Å². The van der Waals surface area contributed by atoms with Crippen LogP contribution in [0.5, 0.6) is 5.75 Å². The molecule has 0 spiro atoms. The predicted octanol–water partition coefficient (Wildman–Crippen LogP) is 1.83. The molecule has 0 amide bonds. The van der Waals surface area contributed by atoms with Crippen LogP contribution in [-0.2, 0) is 11.3 Å². The van der Waals surface area contributed by atoms with Crippen LogP contribution in [0, 0.1) is 6.92 Å². The Morgan fingerprint density at radius 1 is 1.36 bits per heavy atom. The predicted molar refractivity (Wildman–Crippen MR) is 56.2 cm³/mol. The first-order valence-electron chi connectivity index (χ1n) is 4.78. The summed E-state index contributed by atoms with van der Waals surface area (Å²) in [6.45, 7) is 5.43. The van der Waals surface area contributed by atoms with E-state index in [1.807, 2.05) is 32.0 Å². The molecule has 1 aromatic rings. The fourth-order valence-electron chi connectivity index (χ4n) is 1.12. The van der Waals surface area contributed by atoms with Crippen molar-refractivity contribution in [3.05, 3.63) is 29.3 Å².